The molecule has 0 aliphatic rings. The van der Waals surface area contributed by atoms with E-state index in [-0.39, 0.29) is 11.7 Å². The molecular weight excluding hydrogens is 188 g/mol. The van der Waals surface area contributed by atoms with Crippen molar-refractivity contribution in [3.8, 4) is 0 Å². The smallest absolute Gasteiger partial charge is 0.244 e. The van der Waals surface area contributed by atoms with Crippen LogP contribution in [0, 0.1) is 0 Å². The van der Waals surface area contributed by atoms with Gasteiger partial charge in [-0.3, -0.25) is 10.2 Å². The highest BCUT2D eigenvalue weighted by Crippen LogP contribution is 2.14. The molecule has 0 saturated carbocycles. The molecule has 1 aromatic rings. The Labute approximate surface area is 79.9 Å². The van der Waals surface area contributed by atoms with Gasteiger partial charge in [-0.15, -0.1) is 0 Å². The Bertz CT molecular complexity index is 287. The van der Waals surface area contributed by atoms with Crippen LogP contribution in [-0.2, 0) is 4.79 Å². The number of nitrogens with two attached hydrogens (primary N) is 2. The van der Waals surface area contributed by atoms with E-state index in [2.05, 4.69) is 4.98 Å². The highest BCUT2D eigenvalue weighted by Gasteiger charge is 2.00. The number of amides is 1. The van der Waals surface area contributed by atoms with Gasteiger partial charge in [0.15, 0.2) is 0 Å². The quantitative estimate of drug-likeness (QED) is 0.269. The summed E-state index contributed by atoms with van der Waals surface area (Å²) in [5.41, 5.74) is 8.08. The average Bonchev–Trinajstić information content (AvgIpc) is 2.16. The Balaban J connectivity index is 2.46. The summed E-state index contributed by atoms with van der Waals surface area (Å²) in [6.07, 6.45) is 1.54. The number of thioether (sulfide) groups is 1. The van der Waals surface area contributed by atoms with Crippen LogP contribution in [0.1, 0.15) is 0 Å². The van der Waals surface area contributed by atoms with Crippen LogP contribution in [0.3, 0.4) is 0 Å². The molecule has 6 heteroatoms. The highest BCUT2D eigenvalue weighted by molar-refractivity contribution is 7.99. The monoisotopic (exact) mass is 198 g/mol. The summed E-state index contributed by atoms with van der Waals surface area (Å²) >= 11 is 1.30. The molecule has 1 aromatic heterocycles. The zero-order chi connectivity index (χ0) is 9.68. The minimum absolute atomic E-state index is 0.233. The zero-order valence-electron chi connectivity index (χ0n) is 6.86. The molecule has 70 valence electrons. The Hall–Kier alpha value is -1.27. The van der Waals surface area contributed by atoms with Crippen molar-refractivity contribution >= 4 is 23.4 Å². The van der Waals surface area contributed by atoms with Gasteiger partial charge in [0.2, 0.25) is 5.91 Å². The average molecular weight is 198 g/mol. The van der Waals surface area contributed by atoms with Gasteiger partial charge < -0.3 is 5.73 Å². The number of carbonyl (C=O) groups excluding carboxylic acids is 1. The summed E-state index contributed by atoms with van der Waals surface area (Å²) in [6.45, 7) is 0. The third-order valence-electron chi connectivity index (χ3n) is 1.27. The minimum atomic E-state index is -0.233. The number of hydrazine groups is 1. The van der Waals surface area contributed by atoms with E-state index in [0.29, 0.717) is 5.69 Å². The topological polar surface area (TPSA) is 94.0 Å². The number of aromatic nitrogens is 1. The number of pyridine rings is 1. The number of nitrogen functional groups attached to an aromatic ring is 1. The lowest BCUT2D eigenvalue weighted by Gasteiger charge is -1.99. The van der Waals surface area contributed by atoms with E-state index in [1.165, 1.54) is 11.8 Å². The van der Waals surface area contributed by atoms with E-state index in [9.17, 15) is 4.79 Å². The molecule has 5 nitrogen and oxygen atoms in total. The van der Waals surface area contributed by atoms with Crippen molar-refractivity contribution in [2.75, 3.05) is 11.5 Å². The fourth-order valence-electron chi connectivity index (χ4n) is 0.658. The molecule has 0 unspecified atom stereocenters. The lowest BCUT2D eigenvalue weighted by molar-refractivity contribution is -0.118. The van der Waals surface area contributed by atoms with E-state index in [4.69, 9.17) is 11.6 Å². The van der Waals surface area contributed by atoms with Gasteiger partial charge in [0, 0.05) is 0 Å². The van der Waals surface area contributed by atoms with E-state index < -0.39 is 0 Å². The molecule has 5 N–H and O–H groups in total. The number of nitrogens with zero attached hydrogens (tertiary/aromatic N) is 1. The van der Waals surface area contributed by atoms with Crippen molar-refractivity contribution in [3.05, 3.63) is 18.3 Å². The Morgan fingerprint density at radius 3 is 2.92 bits per heavy atom. The summed E-state index contributed by atoms with van der Waals surface area (Å²) in [5.74, 6) is 4.93. The fourth-order valence-corrected chi connectivity index (χ4v) is 1.31. The zero-order valence-corrected chi connectivity index (χ0v) is 7.67. The second kappa shape index (κ2) is 4.68. The first-order valence-corrected chi connectivity index (χ1v) is 4.54. The molecule has 0 aliphatic heterocycles. The van der Waals surface area contributed by atoms with E-state index in [1.807, 2.05) is 5.43 Å². The molecule has 0 aliphatic carbocycles. The summed E-state index contributed by atoms with van der Waals surface area (Å²) in [7, 11) is 0. The van der Waals surface area contributed by atoms with E-state index >= 15 is 0 Å². The van der Waals surface area contributed by atoms with E-state index in [1.54, 1.807) is 18.3 Å². The maximum absolute atomic E-state index is 10.7. The second-order valence-electron chi connectivity index (χ2n) is 2.29. The molecule has 0 aromatic carbocycles. The molecule has 0 spiro atoms. The summed E-state index contributed by atoms with van der Waals surface area (Å²) in [5, 5.41) is 0.748. The normalized spacial score (nSPS) is 9.62. The van der Waals surface area contributed by atoms with Gasteiger partial charge in [-0.2, -0.15) is 0 Å². The third kappa shape index (κ3) is 3.30. The van der Waals surface area contributed by atoms with Gasteiger partial charge in [-0.25, -0.2) is 10.8 Å². The number of hydrogen-bond donors (Lipinski definition) is 3. The van der Waals surface area contributed by atoms with Gasteiger partial charge in [-0.05, 0) is 12.1 Å². The Kier molecular flexibility index (Phi) is 3.53. The van der Waals surface area contributed by atoms with Crippen molar-refractivity contribution in [1.82, 2.24) is 10.4 Å². The van der Waals surface area contributed by atoms with Crippen LogP contribution in [0.5, 0.6) is 0 Å². The molecular formula is C7H10N4OS. The molecule has 1 heterocycles. The maximum Gasteiger partial charge on any atom is 0.244 e. The van der Waals surface area contributed by atoms with Crippen LogP contribution in [0.15, 0.2) is 23.4 Å². The Morgan fingerprint density at radius 1 is 1.62 bits per heavy atom. The maximum atomic E-state index is 10.7. The van der Waals surface area contributed by atoms with Crippen LogP contribution >= 0.6 is 11.8 Å². The van der Waals surface area contributed by atoms with Gasteiger partial charge in [-0.1, -0.05) is 11.8 Å². The standard InChI is InChI=1S/C7H10N4OS/c8-5-1-2-7(10-3-5)13-4-6(12)11-9/h1-3H,4,8-9H2,(H,11,12). The van der Waals surface area contributed by atoms with Crippen molar-refractivity contribution in [3.63, 3.8) is 0 Å². The Morgan fingerprint density at radius 2 is 2.38 bits per heavy atom. The predicted octanol–water partition coefficient (Wildman–Crippen LogP) is -0.254. The van der Waals surface area contributed by atoms with Crippen molar-refractivity contribution < 1.29 is 4.79 Å². The largest absolute Gasteiger partial charge is 0.397 e. The van der Waals surface area contributed by atoms with Crippen LogP contribution in [0.25, 0.3) is 0 Å². The van der Waals surface area contributed by atoms with Crippen LogP contribution in [0.2, 0.25) is 0 Å². The second-order valence-corrected chi connectivity index (χ2v) is 3.28. The molecule has 1 rings (SSSR count). The minimum Gasteiger partial charge on any atom is -0.397 e. The van der Waals surface area contributed by atoms with Crippen molar-refractivity contribution in [2.45, 2.75) is 5.03 Å². The van der Waals surface area contributed by atoms with Crippen molar-refractivity contribution in [2.24, 2.45) is 5.84 Å². The number of carbonyl (C=O) groups is 1. The van der Waals surface area contributed by atoms with E-state index in [0.717, 1.165) is 5.03 Å². The summed E-state index contributed by atoms with van der Waals surface area (Å²) in [6, 6.07) is 3.49. The molecule has 0 bridgehead atoms. The number of rotatable bonds is 3. The summed E-state index contributed by atoms with van der Waals surface area (Å²) < 4.78 is 0. The number of anilines is 1. The van der Waals surface area contributed by atoms with Gasteiger partial charge in [0.05, 0.1) is 22.7 Å². The van der Waals surface area contributed by atoms with Crippen molar-refractivity contribution in [1.29, 1.82) is 0 Å². The first-order chi connectivity index (χ1) is 6.22. The van der Waals surface area contributed by atoms with Crippen LogP contribution in [-0.4, -0.2) is 16.6 Å². The molecule has 0 atom stereocenters. The number of hydrogen-bond acceptors (Lipinski definition) is 5. The molecule has 0 fully saturated rings. The molecule has 0 radical (unpaired) electrons. The molecule has 13 heavy (non-hydrogen) atoms. The molecule has 0 saturated heterocycles. The van der Waals surface area contributed by atoms with Gasteiger partial charge in [0.25, 0.3) is 0 Å². The fraction of sp³-hybridized carbons (Fsp3) is 0.143. The van der Waals surface area contributed by atoms with Crippen LogP contribution in [0.4, 0.5) is 5.69 Å². The van der Waals surface area contributed by atoms with Gasteiger partial charge >= 0.3 is 0 Å². The lowest BCUT2D eigenvalue weighted by atomic mass is 10.4. The SMILES string of the molecule is NNC(=O)CSc1ccc(N)cn1. The first kappa shape index (κ1) is 9.82. The summed E-state index contributed by atoms with van der Waals surface area (Å²) in [4.78, 5) is 14.7. The molecule has 1 amide bonds. The lowest BCUT2D eigenvalue weighted by Crippen LogP contribution is -2.31. The predicted molar refractivity (Wildman–Crippen MR) is 51.7 cm³/mol. The highest BCUT2D eigenvalue weighted by atomic mass is 32.2. The third-order valence-corrected chi connectivity index (χ3v) is 2.22. The van der Waals surface area contributed by atoms with Gasteiger partial charge in [0.1, 0.15) is 0 Å². The first-order valence-electron chi connectivity index (χ1n) is 3.56. The number of nitrogens with one attached hydrogen (secondary N) is 1. The van der Waals surface area contributed by atoms with Crippen LogP contribution < -0.4 is 17.0 Å².